The number of piperidine rings is 1. The highest BCUT2D eigenvalue weighted by Gasteiger charge is 2.27. The van der Waals surface area contributed by atoms with Crippen molar-refractivity contribution in [2.45, 2.75) is 51.2 Å². The highest BCUT2D eigenvalue weighted by molar-refractivity contribution is 5.37. The number of nitrogens with two attached hydrogens (primary N) is 1. The van der Waals surface area contributed by atoms with E-state index < -0.39 is 0 Å². The molecule has 0 amide bonds. The Morgan fingerprint density at radius 3 is 2.24 bits per heavy atom. The molecule has 1 aromatic rings. The molecule has 0 aliphatic carbocycles. The molecule has 3 N–H and O–H groups in total. The predicted octanol–water partition coefficient (Wildman–Crippen LogP) is 2.27. The summed E-state index contributed by atoms with van der Waals surface area (Å²) in [6, 6.07) is 10.5. The summed E-state index contributed by atoms with van der Waals surface area (Å²) in [5, 5.41) is 3.35. The van der Waals surface area contributed by atoms with Crippen molar-refractivity contribution in [1.82, 2.24) is 5.32 Å². The minimum absolute atomic E-state index is 0.0204. The third-order valence-electron chi connectivity index (χ3n) is 3.40. The minimum atomic E-state index is -0.318. The Labute approximate surface area is 128 Å². The van der Waals surface area contributed by atoms with E-state index in [0.717, 1.165) is 32.4 Å². The molecule has 0 saturated carbocycles. The number of rotatable bonds is 3. The molecule has 4 heteroatoms. The molecular formula is C17H28N2O2. The zero-order valence-electron chi connectivity index (χ0n) is 13.4. The van der Waals surface area contributed by atoms with Crippen LogP contribution in [0.3, 0.4) is 0 Å². The van der Waals surface area contributed by atoms with Crippen LogP contribution in [0.15, 0.2) is 30.3 Å². The normalized spacial score (nSPS) is 17.3. The fraction of sp³-hybridized carbons (Fsp3) is 0.588. The SMILES string of the molecule is CC(C)(C)OC=O.NC1(Cc2ccccc2)CCNCC1. The third kappa shape index (κ3) is 7.83. The second kappa shape index (κ2) is 8.15. The summed E-state index contributed by atoms with van der Waals surface area (Å²) < 4.78 is 4.55. The van der Waals surface area contributed by atoms with Crippen LogP contribution in [0.25, 0.3) is 0 Å². The summed E-state index contributed by atoms with van der Waals surface area (Å²) in [4.78, 5) is 9.60. The quantitative estimate of drug-likeness (QED) is 0.839. The Balaban J connectivity index is 0.000000270. The van der Waals surface area contributed by atoms with E-state index in [9.17, 15) is 4.79 Å². The molecule has 0 aromatic heterocycles. The molecule has 0 spiro atoms. The average molecular weight is 292 g/mol. The van der Waals surface area contributed by atoms with Crippen LogP contribution < -0.4 is 11.1 Å². The van der Waals surface area contributed by atoms with Crippen LogP contribution in [-0.4, -0.2) is 30.7 Å². The maximum Gasteiger partial charge on any atom is 0.293 e. The molecule has 0 bridgehead atoms. The first kappa shape index (κ1) is 17.7. The molecule has 4 nitrogen and oxygen atoms in total. The Morgan fingerprint density at radius 1 is 1.24 bits per heavy atom. The summed E-state index contributed by atoms with van der Waals surface area (Å²) in [5.74, 6) is 0. The van der Waals surface area contributed by atoms with Gasteiger partial charge >= 0.3 is 0 Å². The molecule has 1 fully saturated rings. The molecule has 0 unspecified atom stereocenters. The molecule has 1 aliphatic heterocycles. The zero-order chi connectivity index (χ0) is 15.8. The Bertz CT molecular complexity index is 407. The van der Waals surface area contributed by atoms with Gasteiger partial charge in [-0.3, -0.25) is 4.79 Å². The van der Waals surface area contributed by atoms with Gasteiger partial charge in [0.05, 0.1) is 0 Å². The van der Waals surface area contributed by atoms with Crippen molar-refractivity contribution < 1.29 is 9.53 Å². The summed E-state index contributed by atoms with van der Waals surface area (Å²) in [6.07, 6.45) is 3.18. The second-order valence-corrected chi connectivity index (χ2v) is 6.60. The van der Waals surface area contributed by atoms with Gasteiger partial charge in [-0.2, -0.15) is 0 Å². The number of hydrogen-bond acceptors (Lipinski definition) is 4. The highest BCUT2D eigenvalue weighted by Crippen LogP contribution is 2.20. The third-order valence-corrected chi connectivity index (χ3v) is 3.40. The zero-order valence-corrected chi connectivity index (χ0v) is 13.4. The van der Waals surface area contributed by atoms with Gasteiger partial charge in [0.25, 0.3) is 6.47 Å². The molecule has 21 heavy (non-hydrogen) atoms. The van der Waals surface area contributed by atoms with Gasteiger partial charge in [-0.1, -0.05) is 30.3 Å². The molecule has 1 saturated heterocycles. The fourth-order valence-electron chi connectivity index (χ4n) is 2.25. The summed E-state index contributed by atoms with van der Waals surface area (Å²) >= 11 is 0. The van der Waals surface area contributed by atoms with Crippen LogP contribution in [0, 0.1) is 0 Å². The largest absolute Gasteiger partial charge is 0.462 e. The van der Waals surface area contributed by atoms with Crippen LogP contribution in [0.1, 0.15) is 39.2 Å². The molecule has 1 aliphatic rings. The van der Waals surface area contributed by atoms with Crippen LogP contribution in [-0.2, 0) is 16.0 Å². The number of ether oxygens (including phenoxy) is 1. The predicted molar refractivity (Wildman–Crippen MR) is 86.1 cm³/mol. The van der Waals surface area contributed by atoms with Gasteiger partial charge in [0, 0.05) is 5.54 Å². The van der Waals surface area contributed by atoms with Gasteiger partial charge in [-0.05, 0) is 58.7 Å². The molecular weight excluding hydrogens is 264 g/mol. The van der Waals surface area contributed by atoms with Crippen LogP contribution in [0.4, 0.5) is 0 Å². The van der Waals surface area contributed by atoms with E-state index in [1.807, 2.05) is 20.8 Å². The van der Waals surface area contributed by atoms with Gasteiger partial charge in [0.2, 0.25) is 0 Å². The van der Waals surface area contributed by atoms with Gasteiger partial charge < -0.3 is 15.8 Å². The lowest BCUT2D eigenvalue weighted by atomic mass is 9.83. The van der Waals surface area contributed by atoms with Crippen LogP contribution in [0.5, 0.6) is 0 Å². The fourth-order valence-corrected chi connectivity index (χ4v) is 2.25. The van der Waals surface area contributed by atoms with Gasteiger partial charge in [-0.25, -0.2) is 0 Å². The van der Waals surface area contributed by atoms with Crippen molar-refractivity contribution in [3.63, 3.8) is 0 Å². The summed E-state index contributed by atoms with van der Waals surface area (Å²) in [7, 11) is 0. The lowest BCUT2D eigenvalue weighted by Crippen LogP contribution is -2.50. The van der Waals surface area contributed by atoms with Crippen molar-refractivity contribution in [3.8, 4) is 0 Å². The van der Waals surface area contributed by atoms with E-state index in [2.05, 4.69) is 40.4 Å². The van der Waals surface area contributed by atoms with Crippen molar-refractivity contribution >= 4 is 6.47 Å². The number of hydrogen-bond donors (Lipinski definition) is 2. The number of carbonyl (C=O) groups excluding carboxylic acids is 1. The van der Waals surface area contributed by atoms with Crippen LogP contribution >= 0.6 is 0 Å². The first-order chi connectivity index (χ1) is 9.85. The monoisotopic (exact) mass is 292 g/mol. The Hall–Kier alpha value is -1.39. The Morgan fingerprint density at radius 2 is 1.81 bits per heavy atom. The van der Waals surface area contributed by atoms with Crippen molar-refractivity contribution in [3.05, 3.63) is 35.9 Å². The minimum Gasteiger partial charge on any atom is -0.462 e. The number of carbonyl (C=O) groups is 1. The van der Waals surface area contributed by atoms with E-state index >= 15 is 0 Å². The summed E-state index contributed by atoms with van der Waals surface area (Å²) in [5.41, 5.74) is 7.41. The molecule has 0 radical (unpaired) electrons. The topological polar surface area (TPSA) is 64.3 Å². The molecule has 1 aromatic carbocycles. The maximum absolute atomic E-state index is 9.60. The lowest BCUT2D eigenvalue weighted by molar-refractivity contribution is -0.138. The summed E-state index contributed by atoms with van der Waals surface area (Å²) in [6.45, 7) is 8.04. The van der Waals surface area contributed by atoms with E-state index in [4.69, 9.17) is 5.73 Å². The molecule has 1 heterocycles. The number of nitrogens with one attached hydrogen (secondary N) is 1. The van der Waals surface area contributed by atoms with Crippen molar-refractivity contribution in [2.24, 2.45) is 5.73 Å². The first-order valence-corrected chi connectivity index (χ1v) is 7.50. The number of benzene rings is 1. The van der Waals surface area contributed by atoms with Crippen molar-refractivity contribution in [1.29, 1.82) is 0 Å². The van der Waals surface area contributed by atoms with E-state index in [0.29, 0.717) is 6.47 Å². The molecule has 0 atom stereocenters. The first-order valence-electron chi connectivity index (χ1n) is 7.50. The lowest BCUT2D eigenvalue weighted by Gasteiger charge is -2.34. The average Bonchev–Trinajstić information content (AvgIpc) is 2.39. The smallest absolute Gasteiger partial charge is 0.293 e. The standard InChI is InChI=1S/C12H18N2.C5H10O2/c13-12(6-8-14-9-7-12)10-11-4-2-1-3-5-11;1-5(2,3)7-4-6/h1-5,14H,6-10,13H2;4H,1-3H3. The van der Waals surface area contributed by atoms with Crippen molar-refractivity contribution in [2.75, 3.05) is 13.1 Å². The maximum atomic E-state index is 9.60. The van der Waals surface area contributed by atoms with Gasteiger partial charge in [0.1, 0.15) is 5.60 Å². The van der Waals surface area contributed by atoms with Gasteiger partial charge in [0.15, 0.2) is 0 Å². The van der Waals surface area contributed by atoms with Gasteiger partial charge in [-0.15, -0.1) is 0 Å². The second-order valence-electron chi connectivity index (χ2n) is 6.60. The molecule has 118 valence electrons. The molecule has 2 rings (SSSR count). The van der Waals surface area contributed by atoms with E-state index in [1.54, 1.807) is 0 Å². The van der Waals surface area contributed by atoms with E-state index in [-0.39, 0.29) is 11.1 Å². The Kier molecular flexibility index (Phi) is 6.85. The van der Waals surface area contributed by atoms with E-state index in [1.165, 1.54) is 5.56 Å². The van der Waals surface area contributed by atoms with Crippen LogP contribution in [0.2, 0.25) is 0 Å². The highest BCUT2D eigenvalue weighted by atomic mass is 16.5.